The lowest BCUT2D eigenvalue weighted by Gasteiger charge is -2.29. The lowest BCUT2D eigenvalue weighted by molar-refractivity contribution is -0.138. The van der Waals surface area contributed by atoms with Crippen LogP contribution in [0.4, 0.5) is 0 Å². The van der Waals surface area contributed by atoms with Crippen LogP contribution in [0.1, 0.15) is 35.9 Å². The molecule has 0 N–H and O–H groups in total. The van der Waals surface area contributed by atoms with Crippen molar-refractivity contribution in [2.75, 3.05) is 33.4 Å². The fourth-order valence-corrected chi connectivity index (χ4v) is 4.14. The van der Waals surface area contributed by atoms with Crippen molar-refractivity contribution in [2.24, 2.45) is 0 Å². The number of rotatable bonds is 5. The van der Waals surface area contributed by atoms with E-state index >= 15 is 0 Å². The summed E-state index contributed by atoms with van der Waals surface area (Å²) in [6.07, 6.45) is 1.47. The van der Waals surface area contributed by atoms with E-state index in [1.165, 1.54) is 0 Å². The zero-order valence-electron chi connectivity index (χ0n) is 17.6. The number of Topliss-reactive ketones (excluding diaryl/α,β-unsaturated/α-hetero) is 1. The number of morpholine rings is 1. The Hall–Kier alpha value is -3.26. The van der Waals surface area contributed by atoms with Crippen molar-refractivity contribution >= 4 is 17.3 Å². The number of carbonyl (C=O) groups excluding carboxylic acids is 2. The van der Waals surface area contributed by atoms with E-state index in [4.69, 9.17) is 19.6 Å². The molecule has 1 aliphatic carbocycles. The molecule has 0 bridgehead atoms. The van der Waals surface area contributed by atoms with E-state index in [-0.39, 0.29) is 11.7 Å². The fourth-order valence-electron chi connectivity index (χ4n) is 4.14. The normalized spacial score (nSPS) is 17.5. The highest BCUT2D eigenvalue weighted by Crippen LogP contribution is 2.49. The van der Waals surface area contributed by atoms with Crippen molar-refractivity contribution in [1.29, 1.82) is 0 Å². The average Bonchev–Trinajstić information content (AvgIpc) is 3.50. The molecule has 1 aromatic carbocycles. The Morgan fingerprint density at radius 2 is 1.90 bits per heavy atom. The van der Waals surface area contributed by atoms with Crippen molar-refractivity contribution in [3.05, 3.63) is 47.8 Å². The summed E-state index contributed by atoms with van der Waals surface area (Å²) in [7, 11) is 1.59. The summed E-state index contributed by atoms with van der Waals surface area (Å²) in [6, 6.07) is 11.2. The number of hydrogen-bond donors (Lipinski definition) is 0. The molecule has 2 aliphatic rings. The summed E-state index contributed by atoms with van der Waals surface area (Å²) in [5.74, 6) is 1.18. The second kappa shape index (κ2) is 7.46. The third-order valence-corrected chi connectivity index (χ3v) is 6.12. The number of methoxy groups -OCH3 is 1. The molecule has 0 atom stereocenters. The van der Waals surface area contributed by atoms with Crippen molar-refractivity contribution in [1.82, 2.24) is 19.5 Å². The van der Waals surface area contributed by atoms with Gasteiger partial charge in [-0.05, 0) is 38.0 Å². The van der Waals surface area contributed by atoms with Gasteiger partial charge in [0.15, 0.2) is 23.0 Å². The molecule has 8 heteroatoms. The predicted octanol–water partition coefficient (Wildman–Crippen LogP) is 2.50. The molecule has 0 radical (unpaired) electrons. The number of nitrogens with zero attached hydrogens (tertiary/aromatic N) is 4. The van der Waals surface area contributed by atoms with Gasteiger partial charge in [-0.15, -0.1) is 5.10 Å². The quantitative estimate of drug-likeness (QED) is 0.590. The Bertz CT molecular complexity index is 1180. The van der Waals surface area contributed by atoms with Crippen molar-refractivity contribution in [3.8, 4) is 17.0 Å². The lowest BCUT2D eigenvalue weighted by atomic mass is 10.0. The van der Waals surface area contributed by atoms with Gasteiger partial charge in [-0.2, -0.15) is 0 Å². The van der Waals surface area contributed by atoms with E-state index in [0.717, 1.165) is 24.1 Å². The maximum absolute atomic E-state index is 13.3. The number of amides is 1. The van der Waals surface area contributed by atoms with Crippen LogP contribution < -0.4 is 4.74 Å². The molecule has 2 aromatic heterocycles. The van der Waals surface area contributed by atoms with E-state index in [1.54, 1.807) is 24.6 Å². The van der Waals surface area contributed by atoms with Gasteiger partial charge in [0.2, 0.25) is 5.91 Å². The molecule has 31 heavy (non-hydrogen) atoms. The minimum Gasteiger partial charge on any atom is -0.493 e. The van der Waals surface area contributed by atoms with Gasteiger partial charge in [0.05, 0.1) is 26.0 Å². The van der Waals surface area contributed by atoms with Gasteiger partial charge in [-0.1, -0.05) is 18.2 Å². The highest BCUT2D eigenvalue weighted by atomic mass is 16.5. The van der Waals surface area contributed by atoms with E-state index < -0.39 is 5.41 Å². The molecule has 1 saturated heterocycles. The smallest absolute Gasteiger partial charge is 0.236 e. The first kappa shape index (κ1) is 19.7. The minimum absolute atomic E-state index is 0.000994. The number of ether oxygens (including phenoxy) is 2. The van der Waals surface area contributed by atoms with Crippen LogP contribution >= 0.6 is 0 Å². The van der Waals surface area contributed by atoms with Crippen LogP contribution in [-0.2, 0) is 14.9 Å². The monoisotopic (exact) mass is 420 g/mol. The Labute approximate surface area is 179 Å². The lowest BCUT2D eigenvalue weighted by Crippen LogP contribution is -2.46. The van der Waals surface area contributed by atoms with E-state index in [1.807, 2.05) is 35.2 Å². The molecule has 1 amide bonds. The van der Waals surface area contributed by atoms with Gasteiger partial charge in [-0.25, -0.2) is 9.50 Å². The summed E-state index contributed by atoms with van der Waals surface area (Å²) in [5.41, 5.74) is 2.15. The molecule has 2 fully saturated rings. The first-order chi connectivity index (χ1) is 15.0. The molecule has 0 spiro atoms. The number of fused-ring (bicyclic) bond motifs is 1. The third kappa shape index (κ3) is 3.27. The Morgan fingerprint density at radius 3 is 2.58 bits per heavy atom. The van der Waals surface area contributed by atoms with E-state index in [9.17, 15) is 9.59 Å². The molecule has 8 nitrogen and oxygen atoms in total. The molecular formula is C23H24N4O4. The van der Waals surface area contributed by atoms with E-state index in [0.29, 0.717) is 49.1 Å². The summed E-state index contributed by atoms with van der Waals surface area (Å²) < 4.78 is 12.6. The molecule has 5 rings (SSSR count). The third-order valence-electron chi connectivity index (χ3n) is 6.12. The number of pyridine rings is 1. The number of ketones is 1. The second-order valence-corrected chi connectivity index (χ2v) is 8.08. The average molecular weight is 420 g/mol. The van der Waals surface area contributed by atoms with Gasteiger partial charge in [0, 0.05) is 24.2 Å². The molecule has 160 valence electrons. The van der Waals surface area contributed by atoms with Crippen LogP contribution in [0.25, 0.3) is 16.9 Å². The van der Waals surface area contributed by atoms with Crippen molar-refractivity contribution < 1.29 is 19.1 Å². The maximum atomic E-state index is 13.3. The highest BCUT2D eigenvalue weighted by Gasteiger charge is 2.56. The Balaban J connectivity index is 1.61. The molecule has 3 heterocycles. The maximum Gasteiger partial charge on any atom is 0.236 e. The van der Waals surface area contributed by atoms with Gasteiger partial charge in [-0.3, -0.25) is 9.59 Å². The zero-order chi connectivity index (χ0) is 21.6. The molecule has 1 aliphatic heterocycles. The standard InChI is InChI=1S/C23H24N4O4/c1-15(28)16-4-3-5-17(14-16)18-6-7-19(30-2)20-24-21(25-27(18)20)23(8-9-23)22(29)26-10-12-31-13-11-26/h3-7,14H,8-13H2,1-2H3. The van der Waals surface area contributed by atoms with E-state index in [2.05, 4.69) is 0 Å². The highest BCUT2D eigenvalue weighted by molar-refractivity contribution is 5.95. The van der Waals surface area contributed by atoms with Crippen LogP contribution in [0.3, 0.4) is 0 Å². The van der Waals surface area contributed by atoms with Crippen LogP contribution in [0.5, 0.6) is 5.75 Å². The molecular weight excluding hydrogens is 396 g/mol. The summed E-state index contributed by atoms with van der Waals surface area (Å²) in [5, 5.41) is 4.78. The van der Waals surface area contributed by atoms with Crippen LogP contribution in [-0.4, -0.2) is 64.6 Å². The van der Waals surface area contributed by atoms with Crippen LogP contribution in [0, 0.1) is 0 Å². The van der Waals surface area contributed by atoms with Crippen molar-refractivity contribution in [3.63, 3.8) is 0 Å². The van der Waals surface area contributed by atoms with Gasteiger partial charge in [0.1, 0.15) is 5.41 Å². The fraction of sp³-hybridized carbons (Fsp3) is 0.391. The van der Waals surface area contributed by atoms with Gasteiger partial charge in [0.25, 0.3) is 0 Å². The number of aromatic nitrogens is 3. The Kier molecular flexibility index (Phi) is 4.74. The number of hydrogen-bond acceptors (Lipinski definition) is 6. The second-order valence-electron chi connectivity index (χ2n) is 8.08. The number of benzene rings is 1. The largest absolute Gasteiger partial charge is 0.493 e. The molecule has 1 saturated carbocycles. The first-order valence-corrected chi connectivity index (χ1v) is 10.5. The summed E-state index contributed by atoms with van der Waals surface area (Å²) in [6.45, 7) is 3.86. The SMILES string of the molecule is COc1ccc(-c2cccc(C(C)=O)c2)n2nc(C3(C(=O)N4CCOCC4)CC3)nc12. The first-order valence-electron chi connectivity index (χ1n) is 10.5. The van der Waals surface area contributed by atoms with Gasteiger partial charge >= 0.3 is 0 Å². The summed E-state index contributed by atoms with van der Waals surface area (Å²) >= 11 is 0. The van der Waals surface area contributed by atoms with Gasteiger partial charge < -0.3 is 14.4 Å². The molecule has 0 unspecified atom stereocenters. The van der Waals surface area contributed by atoms with Crippen molar-refractivity contribution in [2.45, 2.75) is 25.2 Å². The Morgan fingerprint density at radius 1 is 1.13 bits per heavy atom. The topological polar surface area (TPSA) is 86.0 Å². The number of carbonyl (C=O) groups is 2. The van der Waals surface area contributed by atoms with Crippen LogP contribution in [0.2, 0.25) is 0 Å². The zero-order valence-corrected chi connectivity index (χ0v) is 17.6. The molecule has 3 aromatic rings. The minimum atomic E-state index is -0.674. The predicted molar refractivity (Wildman–Crippen MR) is 113 cm³/mol. The van der Waals surface area contributed by atoms with Crippen LogP contribution in [0.15, 0.2) is 36.4 Å². The summed E-state index contributed by atoms with van der Waals surface area (Å²) in [4.78, 5) is 31.8.